The van der Waals surface area contributed by atoms with Crippen molar-refractivity contribution in [3.05, 3.63) is 0 Å². The van der Waals surface area contributed by atoms with Crippen molar-refractivity contribution >= 4 is 75.5 Å². The van der Waals surface area contributed by atoms with E-state index in [-0.39, 0.29) is 78.4 Å². The molecule has 0 spiro atoms. The van der Waals surface area contributed by atoms with E-state index in [1.165, 1.54) is 0 Å². The molecule has 0 saturated heterocycles. The van der Waals surface area contributed by atoms with E-state index in [0.29, 0.717) is 0 Å². The summed E-state index contributed by atoms with van der Waals surface area (Å²) in [5.41, 5.74) is 0. The first-order valence-corrected chi connectivity index (χ1v) is 0. The van der Waals surface area contributed by atoms with Gasteiger partial charge in [0, 0.05) is 0 Å². The van der Waals surface area contributed by atoms with Crippen LogP contribution in [0.4, 0.5) is 0 Å². The molecule has 0 saturated carbocycles. The molecule has 0 atom stereocenters. The molecule has 4 heteroatoms. The zero-order chi connectivity index (χ0) is 0. The predicted octanol–water partition coefficient (Wildman–Crippen LogP) is -3.98. The van der Waals surface area contributed by atoms with Crippen LogP contribution in [0.25, 0.3) is 0 Å². The van der Waals surface area contributed by atoms with Crippen LogP contribution in [-0.4, -0.2) is 75.5 Å². The summed E-state index contributed by atoms with van der Waals surface area (Å²) in [7, 11) is 0. The van der Waals surface area contributed by atoms with Crippen molar-refractivity contribution in [2.24, 2.45) is 0 Å². The van der Waals surface area contributed by atoms with Crippen LogP contribution >= 0.6 is 0 Å². The molecule has 0 aromatic heterocycles. The Morgan fingerprint density at radius 1 is 1.25 bits per heavy atom. The van der Waals surface area contributed by atoms with E-state index < -0.39 is 0 Å². The number of rotatable bonds is 0. The third-order valence-electron chi connectivity index (χ3n) is 0. The Morgan fingerprint density at radius 3 is 1.25 bits per heavy atom. The molecule has 0 fully saturated rings. The number of hydrogen-bond donors (Lipinski definition) is 0. The first kappa shape index (κ1) is 33.2. The third kappa shape index (κ3) is 8.85. The Hall–Kier alpha value is 2.32. The molecule has 0 aliphatic heterocycles. The van der Waals surface area contributed by atoms with Gasteiger partial charge in [-0.2, -0.15) is 0 Å². The van der Waals surface area contributed by atoms with Gasteiger partial charge in [0.2, 0.25) is 0 Å². The summed E-state index contributed by atoms with van der Waals surface area (Å²) in [4.78, 5) is 0. The van der Waals surface area contributed by atoms with Gasteiger partial charge in [-0.15, -0.1) is 0 Å². The van der Waals surface area contributed by atoms with Crippen LogP contribution in [0.3, 0.4) is 0 Å². The van der Waals surface area contributed by atoms with Gasteiger partial charge in [-0.05, 0) is 11.0 Å². The van der Waals surface area contributed by atoms with Crippen LogP contribution in [0, 0.1) is 0 Å². The average Bonchev–Trinajstić information content (AvgIpc) is 0. The zero-order valence-electron chi connectivity index (χ0n) is 3.41. The summed E-state index contributed by atoms with van der Waals surface area (Å²) in [5.74, 6) is 0. The van der Waals surface area contributed by atoms with E-state index in [4.69, 9.17) is 0 Å². The summed E-state index contributed by atoms with van der Waals surface area (Å²) in [5, 5.41) is 0. The van der Waals surface area contributed by atoms with Crippen LogP contribution in [0.15, 0.2) is 0 Å². The van der Waals surface area contributed by atoms with Gasteiger partial charge >= 0.3 is 64.6 Å². The van der Waals surface area contributed by atoms with Gasteiger partial charge in [0.25, 0.3) is 0 Å². The Labute approximate surface area is 77.6 Å². The molecule has 0 bridgehead atoms. The van der Waals surface area contributed by atoms with E-state index in [9.17, 15) is 0 Å². The molecule has 0 aliphatic carbocycles. The van der Waals surface area contributed by atoms with Crippen LogP contribution < -0.4 is 0 Å². The summed E-state index contributed by atoms with van der Waals surface area (Å²) in [6.07, 6.45) is 0. The molecule has 0 aromatic rings. The minimum atomic E-state index is 0. The molecule has 0 nitrogen and oxygen atoms in total. The molecular formula is H12GeMgSiSn. The molecule has 2 radical (unpaired) electrons. The Kier molecular flexibility index (Phi) is 153. The van der Waals surface area contributed by atoms with Gasteiger partial charge in [0.1, 0.15) is 0 Å². The second kappa shape index (κ2) is 18.4. The fourth-order valence-electron chi connectivity index (χ4n) is 0. The molecule has 4 heavy (non-hydrogen) atoms. The van der Waals surface area contributed by atoms with E-state index in [1.807, 2.05) is 0 Å². The fraction of sp³-hybridized carbons (Fsp3) is 0. The van der Waals surface area contributed by atoms with E-state index in [2.05, 4.69) is 0 Å². The SMILES string of the molecule is [GeH4].[H-].[H-].[Mg+2].[SiH4].[SnH2]. The molecule has 0 N–H and O–H groups in total. The second-order valence-electron chi connectivity index (χ2n) is 0. The molecule has 0 amide bonds. The van der Waals surface area contributed by atoms with E-state index in [0.717, 1.165) is 0 Å². The fourth-order valence-corrected chi connectivity index (χ4v) is 0. The Morgan fingerprint density at radius 2 is 1.25 bits per heavy atom. The van der Waals surface area contributed by atoms with Crippen LogP contribution in [-0.2, 0) is 0 Å². The molecule has 0 aromatic carbocycles. The van der Waals surface area contributed by atoms with Crippen molar-refractivity contribution in [2.75, 3.05) is 0 Å². The topological polar surface area (TPSA) is 0 Å². The van der Waals surface area contributed by atoms with E-state index in [1.54, 1.807) is 0 Å². The first-order valence-electron chi connectivity index (χ1n) is 0. The Balaban J connectivity index is 0. The van der Waals surface area contributed by atoms with Gasteiger partial charge in [0.05, 0.1) is 0 Å². The Bertz CT molecular complexity index is 13.5. The molecule has 0 unspecified atom stereocenters. The van der Waals surface area contributed by atoms with Gasteiger partial charge in [-0.25, -0.2) is 0 Å². The first-order chi connectivity index (χ1) is 0. The third-order valence-corrected chi connectivity index (χ3v) is 0. The monoisotopic (exact) mass is 258 g/mol. The van der Waals surface area contributed by atoms with Crippen molar-refractivity contribution in [3.8, 4) is 0 Å². The van der Waals surface area contributed by atoms with Crippen LogP contribution in [0.1, 0.15) is 2.85 Å². The van der Waals surface area contributed by atoms with Crippen molar-refractivity contribution in [1.82, 2.24) is 0 Å². The zero-order valence-corrected chi connectivity index (χ0v) is 6.86. The number of hydrogen-bond acceptors (Lipinski definition) is 0. The van der Waals surface area contributed by atoms with Crippen molar-refractivity contribution in [2.45, 2.75) is 0 Å². The van der Waals surface area contributed by atoms with E-state index >= 15 is 0 Å². The molecule has 0 aliphatic rings. The maximum atomic E-state index is 0. The molecule has 0 heterocycles. The standard InChI is InChI=1S/GeH4.Mg.H4Si.Sn.4H/h1H4;;1H4;;;;;/q;+2;;;;;2*-1. The van der Waals surface area contributed by atoms with Crippen molar-refractivity contribution in [1.29, 1.82) is 0 Å². The minimum absolute atomic E-state index is 0. The normalized spacial score (nSPS) is 0. The van der Waals surface area contributed by atoms with Gasteiger partial charge in [-0.3, -0.25) is 0 Å². The molecule has 26 valence electrons. The van der Waals surface area contributed by atoms with Crippen LogP contribution in [0.2, 0.25) is 0 Å². The summed E-state index contributed by atoms with van der Waals surface area (Å²) >= 11 is 0. The van der Waals surface area contributed by atoms with Crippen molar-refractivity contribution in [3.63, 3.8) is 0 Å². The quantitative estimate of drug-likeness (QED) is 0.388. The van der Waals surface area contributed by atoms with Crippen LogP contribution in [0.5, 0.6) is 0 Å². The second-order valence-corrected chi connectivity index (χ2v) is 0. The average molecular weight is 256 g/mol. The summed E-state index contributed by atoms with van der Waals surface area (Å²) in [6, 6.07) is 0. The predicted molar refractivity (Wildman–Crippen MR) is 39.2 cm³/mol. The van der Waals surface area contributed by atoms with Gasteiger partial charge in [-0.1, -0.05) is 0 Å². The summed E-state index contributed by atoms with van der Waals surface area (Å²) in [6.45, 7) is 0. The van der Waals surface area contributed by atoms with Gasteiger partial charge in [0.15, 0.2) is 0 Å². The van der Waals surface area contributed by atoms with Crippen molar-refractivity contribution < 1.29 is 2.85 Å². The summed E-state index contributed by atoms with van der Waals surface area (Å²) < 4.78 is 0. The maximum absolute atomic E-state index is 0. The van der Waals surface area contributed by atoms with Gasteiger partial charge < -0.3 is 2.85 Å². The molecular weight excluding hydrogens is 244 g/mol. The molecule has 0 rings (SSSR count).